The Labute approximate surface area is 126 Å². The summed E-state index contributed by atoms with van der Waals surface area (Å²) in [6.45, 7) is 0.505. The fraction of sp³-hybridized carbons (Fsp3) is 0.0667. The first-order valence-corrected chi connectivity index (χ1v) is 6.68. The van der Waals surface area contributed by atoms with E-state index in [0.29, 0.717) is 23.1 Å². The first-order chi connectivity index (χ1) is 10.2. The van der Waals surface area contributed by atoms with E-state index in [4.69, 9.17) is 11.6 Å². The quantitative estimate of drug-likeness (QED) is 0.549. The largest absolute Gasteiger partial charge is 0.324 e. The van der Waals surface area contributed by atoms with Gasteiger partial charge in [0.05, 0.1) is 6.54 Å². The maximum Gasteiger partial charge on any atom is 0.230 e. The zero-order valence-electron chi connectivity index (χ0n) is 11.0. The second kappa shape index (κ2) is 5.85. The van der Waals surface area contributed by atoms with E-state index in [0.717, 1.165) is 5.56 Å². The average Bonchev–Trinajstić information content (AvgIpc) is 2.98. The van der Waals surface area contributed by atoms with Gasteiger partial charge < -0.3 is 4.57 Å². The molecule has 0 saturated carbocycles. The van der Waals surface area contributed by atoms with Gasteiger partial charge in [-0.2, -0.15) is 0 Å². The molecule has 0 fully saturated rings. The lowest BCUT2D eigenvalue weighted by atomic mass is 10.2. The molecule has 6 heteroatoms. The van der Waals surface area contributed by atoms with Crippen molar-refractivity contribution in [2.24, 2.45) is 0 Å². The molecule has 104 valence electrons. The number of halogens is 1. The molecule has 5 nitrogen and oxygen atoms in total. The monoisotopic (exact) mass is 298 g/mol. The van der Waals surface area contributed by atoms with E-state index in [-0.39, 0.29) is 5.78 Å². The van der Waals surface area contributed by atoms with E-state index in [2.05, 4.69) is 15.0 Å². The normalized spacial score (nSPS) is 10.5. The first-order valence-electron chi connectivity index (χ1n) is 6.30. The average molecular weight is 299 g/mol. The minimum atomic E-state index is -0.157. The van der Waals surface area contributed by atoms with E-state index in [1.165, 1.54) is 6.20 Å². The molecule has 0 spiro atoms. The SMILES string of the molecule is O=C(c1cccnc1)c1nccn1Cc1ccc(Cl)nc1. The maximum absolute atomic E-state index is 12.4. The van der Waals surface area contributed by atoms with Crippen LogP contribution < -0.4 is 0 Å². The maximum atomic E-state index is 12.4. The molecule has 0 unspecified atom stereocenters. The van der Waals surface area contributed by atoms with Crippen LogP contribution in [0.1, 0.15) is 21.7 Å². The van der Waals surface area contributed by atoms with Crippen LogP contribution in [0.25, 0.3) is 0 Å². The van der Waals surface area contributed by atoms with Gasteiger partial charge in [0.15, 0.2) is 5.82 Å². The Morgan fingerprint density at radius 1 is 1.14 bits per heavy atom. The van der Waals surface area contributed by atoms with Crippen LogP contribution >= 0.6 is 11.6 Å². The van der Waals surface area contributed by atoms with Crippen molar-refractivity contribution in [2.75, 3.05) is 0 Å². The summed E-state index contributed by atoms with van der Waals surface area (Å²) in [5, 5.41) is 0.441. The fourth-order valence-corrected chi connectivity index (χ4v) is 2.08. The van der Waals surface area contributed by atoms with Crippen molar-refractivity contribution in [3.05, 3.63) is 77.4 Å². The summed E-state index contributed by atoms with van der Waals surface area (Å²) < 4.78 is 1.78. The molecule has 0 N–H and O–H groups in total. The van der Waals surface area contributed by atoms with Gasteiger partial charge in [0.25, 0.3) is 0 Å². The number of rotatable bonds is 4. The molecule has 0 aliphatic heterocycles. The van der Waals surface area contributed by atoms with Crippen LogP contribution in [0.4, 0.5) is 0 Å². The van der Waals surface area contributed by atoms with E-state index in [1.807, 2.05) is 6.07 Å². The molecule has 0 aromatic carbocycles. The molecule has 21 heavy (non-hydrogen) atoms. The van der Waals surface area contributed by atoms with Crippen molar-refractivity contribution in [3.63, 3.8) is 0 Å². The van der Waals surface area contributed by atoms with Crippen molar-refractivity contribution >= 4 is 17.4 Å². The lowest BCUT2D eigenvalue weighted by Crippen LogP contribution is -2.12. The molecule has 3 aromatic heterocycles. The number of carbonyl (C=O) groups is 1. The van der Waals surface area contributed by atoms with E-state index in [1.54, 1.807) is 47.6 Å². The molecule has 0 aliphatic carbocycles. The molecule has 3 aromatic rings. The molecule has 0 radical (unpaired) electrons. The minimum Gasteiger partial charge on any atom is -0.324 e. The number of hydrogen-bond donors (Lipinski definition) is 0. The smallest absolute Gasteiger partial charge is 0.230 e. The van der Waals surface area contributed by atoms with Crippen LogP contribution in [0.3, 0.4) is 0 Å². The molecule has 0 aliphatic rings. The highest BCUT2D eigenvalue weighted by Gasteiger charge is 2.15. The first kappa shape index (κ1) is 13.5. The predicted molar refractivity (Wildman–Crippen MR) is 78.2 cm³/mol. The fourth-order valence-electron chi connectivity index (χ4n) is 1.97. The number of ketones is 1. The van der Waals surface area contributed by atoms with Gasteiger partial charge in [-0.05, 0) is 23.8 Å². The lowest BCUT2D eigenvalue weighted by molar-refractivity contribution is 0.102. The molecule has 3 heterocycles. The summed E-state index contributed by atoms with van der Waals surface area (Å²) in [7, 11) is 0. The third-order valence-corrected chi connectivity index (χ3v) is 3.21. The van der Waals surface area contributed by atoms with Crippen molar-refractivity contribution in [1.82, 2.24) is 19.5 Å². The van der Waals surface area contributed by atoms with Gasteiger partial charge in [0.1, 0.15) is 5.15 Å². The van der Waals surface area contributed by atoms with Gasteiger partial charge in [-0.3, -0.25) is 9.78 Å². The Morgan fingerprint density at radius 2 is 2.05 bits per heavy atom. The van der Waals surface area contributed by atoms with E-state index in [9.17, 15) is 4.79 Å². The Balaban J connectivity index is 1.87. The number of carbonyl (C=O) groups excluding carboxylic acids is 1. The Kier molecular flexibility index (Phi) is 3.75. The number of aromatic nitrogens is 4. The standard InChI is InChI=1S/C15H11ClN4O/c16-13-4-3-11(8-19-13)10-20-7-6-18-15(20)14(21)12-2-1-5-17-9-12/h1-9H,10H2. The second-order valence-corrected chi connectivity index (χ2v) is 4.83. The van der Waals surface area contributed by atoms with Crippen LogP contribution in [0.2, 0.25) is 5.15 Å². The van der Waals surface area contributed by atoms with Gasteiger partial charge in [0, 0.05) is 36.5 Å². The van der Waals surface area contributed by atoms with Gasteiger partial charge in [0.2, 0.25) is 5.78 Å². The van der Waals surface area contributed by atoms with Crippen LogP contribution in [0.15, 0.2) is 55.2 Å². The minimum absolute atomic E-state index is 0.157. The number of imidazole rings is 1. The van der Waals surface area contributed by atoms with Crippen molar-refractivity contribution in [2.45, 2.75) is 6.54 Å². The predicted octanol–water partition coefficient (Wildman–Crippen LogP) is 2.61. The highest BCUT2D eigenvalue weighted by Crippen LogP contribution is 2.11. The number of nitrogens with zero attached hydrogens (tertiary/aromatic N) is 4. The third-order valence-electron chi connectivity index (χ3n) is 2.98. The summed E-state index contributed by atoms with van der Waals surface area (Å²) in [5.41, 5.74) is 1.46. The zero-order valence-corrected chi connectivity index (χ0v) is 11.7. The van der Waals surface area contributed by atoms with Crippen LogP contribution in [-0.2, 0) is 6.54 Å². The van der Waals surface area contributed by atoms with Gasteiger partial charge in [-0.25, -0.2) is 9.97 Å². The number of pyridine rings is 2. The summed E-state index contributed by atoms with van der Waals surface area (Å²) in [5.74, 6) is 0.216. The molecular formula is C15H11ClN4O. The van der Waals surface area contributed by atoms with Crippen molar-refractivity contribution in [3.8, 4) is 0 Å². The highest BCUT2D eigenvalue weighted by atomic mass is 35.5. The molecule has 0 bridgehead atoms. The van der Waals surface area contributed by atoms with Gasteiger partial charge in [-0.15, -0.1) is 0 Å². The highest BCUT2D eigenvalue weighted by molar-refractivity contribution is 6.29. The van der Waals surface area contributed by atoms with Crippen LogP contribution in [0.5, 0.6) is 0 Å². The second-order valence-electron chi connectivity index (χ2n) is 4.44. The molecule has 0 saturated heterocycles. The molecule has 0 amide bonds. The Morgan fingerprint density at radius 3 is 2.76 bits per heavy atom. The Hall–Kier alpha value is -2.53. The summed E-state index contributed by atoms with van der Waals surface area (Å²) in [4.78, 5) is 24.5. The van der Waals surface area contributed by atoms with Crippen LogP contribution in [-0.4, -0.2) is 25.3 Å². The number of hydrogen-bond acceptors (Lipinski definition) is 4. The summed E-state index contributed by atoms with van der Waals surface area (Å²) in [6, 6.07) is 7.03. The molecule has 3 rings (SSSR count). The van der Waals surface area contributed by atoms with Crippen LogP contribution in [0, 0.1) is 0 Å². The zero-order chi connectivity index (χ0) is 14.7. The topological polar surface area (TPSA) is 60.7 Å². The van der Waals surface area contributed by atoms with Gasteiger partial charge >= 0.3 is 0 Å². The van der Waals surface area contributed by atoms with Crippen molar-refractivity contribution < 1.29 is 4.79 Å². The van der Waals surface area contributed by atoms with Crippen molar-refractivity contribution in [1.29, 1.82) is 0 Å². The summed E-state index contributed by atoms with van der Waals surface area (Å²) >= 11 is 5.76. The van der Waals surface area contributed by atoms with E-state index < -0.39 is 0 Å². The van der Waals surface area contributed by atoms with E-state index >= 15 is 0 Å². The third kappa shape index (κ3) is 2.98. The lowest BCUT2D eigenvalue weighted by Gasteiger charge is -2.07. The Bertz CT molecular complexity index is 753. The molecule has 0 atom stereocenters. The molecular weight excluding hydrogens is 288 g/mol. The summed E-state index contributed by atoms with van der Waals surface area (Å²) in [6.07, 6.45) is 8.21. The van der Waals surface area contributed by atoms with Gasteiger partial charge in [-0.1, -0.05) is 17.7 Å².